The van der Waals surface area contributed by atoms with Crippen LogP contribution in [0.15, 0.2) is 121 Å². The van der Waals surface area contributed by atoms with Gasteiger partial charge in [-0.15, -0.1) is 0 Å². The Kier molecular flexibility index (Phi) is 32.5. The van der Waals surface area contributed by atoms with Crippen LogP contribution in [0.4, 0.5) is 22.5 Å². The van der Waals surface area contributed by atoms with Gasteiger partial charge in [0.1, 0.15) is 59.4 Å². The molecule has 5 N–H and O–H groups in total. The zero-order valence-electron chi connectivity index (χ0n) is 74.6. The maximum Gasteiger partial charge on any atom is 0.407 e. The maximum absolute atomic E-state index is 14.5. The lowest BCUT2D eigenvalue weighted by molar-refractivity contribution is -0.167. The minimum atomic E-state index is -1.09. The van der Waals surface area contributed by atoms with E-state index in [9.17, 15) is 43.5 Å². The number of aromatic nitrogens is 10. The Hall–Kier alpha value is -11.1. The first-order valence-corrected chi connectivity index (χ1v) is 45.7. The Bertz CT molecular complexity index is 5130. The number of H-pyrrole nitrogens is 1. The number of carbonyl (C=O) groups excluding carboxylic acids is 8. The van der Waals surface area contributed by atoms with Crippen LogP contribution in [0.25, 0.3) is 33.3 Å². The number of benzene rings is 1. The molecule has 14 rings (SSSR count). The minimum Gasteiger partial charge on any atom is -0.460 e. The predicted molar refractivity (Wildman–Crippen MR) is 480 cm³/mol. The van der Waals surface area contributed by atoms with E-state index < -0.39 is 54.0 Å². The summed E-state index contributed by atoms with van der Waals surface area (Å²) in [4.78, 5) is 157. The Labute approximate surface area is 747 Å². The molecule has 0 radical (unpaired) electrons. The average Bonchev–Trinajstić information content (AvgIpc) is 1.61. The second-order valence-corrected chi connectivity index (χ2v) is 35.4. The number of pyridine rings is 1. The number of nitrogen functional groups attached to an aromatic ring is 1. The topological polar surface area (TPSA) is 393 Å². The van der Waals surface area contributed by atoms with E-state index in [-0.39, 0.29) is 98.4 Å². The van der Waals surface area contributed by atoms with E-state index in [0.29, 0.717) is 200 Å². The molecule has 7 aliphatic rings. The van der Waals surface area contributed by atoms with Crippen LogP contribution in [-0.4, -0.2) is 270 Å². The van der Waals surface area contributed by atoms with Gasteiger partial charge in [0.15, 0.2) is 5.65 Å². The standard InChI is InChI=1S/C95H124N18O15/c1-61-13-8-7-9-14-62(2)82(123-6)50-75-15-12-17-81(126-75)86(118)91(120)112-30-11-10-16-77(112)92(121)127-76(49-78(114)64(4)46-65(5)80(116)51-79(115)63(3)45-61)25-21-66-19-23-74(24-20-66)128-95(122)103-54-68-52-99-93(100-53-68)110-38-36-108(37-39-110)83(117)28-41-124-43-44-125-42-40-107-32-34-109(35-33-107)94-101-56-73(57-102-94)90(119)111-31-27-69-47-67(18-22-71(69)59-111)58-113-89-84(87(96)104-60-105-89)85(106-113)72-48-70-26-29-97-88(70)98-55-72/h7-9,13-14,18,22,26,29,46-48,52-53,55-57,60-61,63-64,66,74-77,80-82,116H,10-12,15-17,19-21,23-25,27-28,30-45,49-51,54,58-59H2,1-6H3,(H,97,98)(H,103,122)(H2,96,104,105)/b9-7?,13-8+,62-14?,65-46+/t61-,63-,64-,66?,74?,75?,76-,77+,80+,81?,82+/m1/s1. The van der Waals surface area contributed by atoms with Gasteiger partial charge in [-0.3, -0.25) is 33.7 Å². The quantitative estimate of drug-likeness (QED) is 0.0212. The van der Waals surface area contributed by atoms with Crippen molar-refractivity contribution in [2.75, 3.05) is 121 Å². The number of aromatic amines is 1. The van der Waals surface area contributed by atoms with Gasteiger partial charge < -0.3 is 74.1 Å². The number of piperazine rings is 2. The van der Waals surface area contributed by atoms with Crippen LogP contribution in [0.2, 0.25) is 0 Å². The van der Waals surface area contributed by atoms with E-state index in [0.717, 1.165) is 78.9 Å². The van der Waals surface area contributed by atoms with Gasteiger partial charge >= 0.3 is 12.1 Å². The van der Waals surface area contributed by atoms with Gasteiger partial charge in [0.25, 0.3) is 11.8 Å². The van der Waals surface area contributed by atoms with E-state index in [1.807, 2.05) is 88.9 Å². The number of nitrogens with two attached hydrogens (primary N) is 1. The number of rotatable bonds is 22. The third-order valence-electron chi connectivity index (χ3n) is 26.2. The number of Topliss-reactive ketones (excluding diaryl/α,β-unsaturated/α-hetero) is 3. The number of methoxy groups -OCH3 is 1. The van der Waals surface area contributed by atoms with Crippen LogP contribution in [0.3, 0.4) is 0 Å². The molecule has 33 heteroatoms. The van der Waals surface area contributed by atoms with Gasteiger partial charge in [-0.1, -0.05) is 75.4 Å². The number of allylic oxidation sites excluding steroid dienone is 6. The SMILES string of the molecule is CO[C@H]1CC2CCCC(O2)C(=O)C(=O)N2CCCC[C@H]2C(=O)O[C@H](CCC2CCC(OC(=O)NCc3cnc(N4CCN(C(=O)CCOCCOCCN5CCN(c6ncc(C(=O)N7CCc8cc(Cn9nc(-c%10cnc%11[nH]ccc%11c%10)c%10c(N)ncnc%109)ccc8C7)cn6)CC5)CC4)nc3)CC2)CC(=O)[C@H](C)/C=C(\C)[C@@H](O)CC(=O)[C@H](C)C[C@H](C)/C=C/C=CC=C1C. The van der Waals surface area contributed by atoms with Gasteiger partial charge in [0.2, 0.25) is 23.6 Å². The number of ketones is 3. The normalized spacial score (nSPS) is 25.2. The number of amides is 4. The fourth-order valence-electron chi connectivity index (χ4n) is 18.4. The lowest BCUT2D eigenvalue weighted by Crippen LogP contribution is -2.54. The molecule has 1 saturated carbocycles. The number of hydrogen-bond donors (Lipinski definition) is 4. The van der Waals surface area contributed by atoms with Gasteiger partial charge in [0.05, 0.1) is 68.7 Å². The van der Waals surface area contributed by atoms with Crippen LogP contribution in [0, 0.1) is 23.7 Å². The first kappa shape index (κ1) is 93.1. The largest absolute Gasteiger partial charge is 0.460 e. The van der Waals surface area contributed by atoms with E-state index in [4.69, 9.17) is 39.3 Å². The van der Waals surface area contributed by atoms with Gasteiger partial charge in [-0.25, -0.2) is 49.2 Å². The van der Waals surface area contributed by atoms with Crippen LogP contribution in [0.5, 0.6) is 0 Å². The van der Waals surface area contributed by atoms with E-state index >= 15 is 0 Å². The molecule has 33 nitrogen and oxygen atoms in total. The fourth-order valence-corrected chi connectivity index (χ4v) is 18.4. The molecule has 5 fully saturated rings. The number of anilines is 3. The summed E-state index contributed by atoms with van der Waals surface area (Å²) in [7, 11) is 1.63. The number of aliphatic hydroxyl groups excluding tert-OH is 1. The third-order valence-corrected chi connectivity index (χ3v) is 26.2. The predicted octanol–water partition coefficient (Wildman–Crippen LogP) is 10.0. The molecule has 9 atom stereocenters. The number of aliphatic hydroxyl groups is 1. The van der Waals surface area contributed by atoms with Crippen molar-refractivity contribution in [2.24, 2.45) is 23.7 Å². The number of hydrogen-bond acceptors (Lipinski definition) is 27. The molecule has 0 spiro atoms. The number of nitrogens with zero attached hydrogens (tertiary/aromatic N) is 15. The van der Waals surface area contributed by atoms with Crippen molar-refractivity contribution in [1.29, 1.82) is 0 Å². The number of esters is 1. The molecular formula is C95H124N18O15. The molecule has 128 heavy (non-hydrogen) atoms. The molecule has 2 bridgehead atoms. The lowest BCUT2D eigenvalue weighted by Gasteiger charge is -2.36. The summed E-state index contributed by atoms with van der Waals surface area (Å²) in [5.41, 5.74) is 15.3. The second-order valence-electron chi connectivity index (χ2n) is 35.4. The van der Waals surface area contributed by atoms with Crippen molar-refractivity contribution in [1.82, 2.24) is 74.6 Å². The molecule has 2 unspecified atom stereocenters. The Morgan fingerprint density at radius 3 is 2.21 bits per heavy atom. The van der Waals surface area contributed by atoms with Gasteiger partial charge in [-0.2, -0.15) is 5.10 Å². The zero-order chi connectivity index (χ0) is 89.7. The highest BCUT2D eigenvalue weighted by atomic mass is 16.6. The average molecular weight is 1760 g/mol. The first-order chi connectivity index (χ1) is 62.0. The number of piperidine rings is 1. The van der Waals surface area contributed by atoms with E-state index in [2.05, 4.69) is 73.2 Å². The number of nitrogens with one attached hydrogen (secondary N) is 2. The van der Waals surface area contributed by atoms with Gasteiger partial charge in [-0.05, 0) is 156 Å². The summed E-state index contributed by atoms with van der Waals surface area (Å²) >= 11 is 0. The molecule has 1 aliphatic carbocycles. The van der Waals surface area contributed by atoms with Crippen LogP contribution < -0.4 is 20.9 Å². The Balaban J connectivity index is 0.458. The number of cyclic esters (lactones) is 1. The highest BCUT2D eigenvalue weighted by Crippen LogP contribution is 2.36. The number of fused-ring (bicyclic) bond motifs is 6. The molecule has 12 heterocycles. The molecule has 684 valence electrons. The van der Waals surface area contributed by atoms with Crippen molar-refractivity contribution in [3.8, 4) is 11.3 Å². The van der Waals surface area contributed by atoms with Crippen LogP contribution in [-0.2, 0) is 83.2 Å². The number of ether oxygens (including phenoxy) is 6. The van der Waals surface area contributed by atoms with E-state index in [1.54, 1.807) is 58.0 Å². The smallest absolute Gasteiger partial charge is 0.407 e. The summed E-state index contributed by atoms with van der Waals surface area (Å²) in [6.45, 7) is 18.8. The van der Waals surface area contributed by atoms with Crippen molar-refractivity contribution in [2.45, 2.75) is 212 Å². The fraction of sp³-hybridized carbons (Fsp3) is 0.558. The molecule has 6 aliphatic heterocycles. The number of carbonyl (C=O) groups is 8. The molecular weight excluding hydrogens is 1630 g/mol. The molecule has 4 saturated heterocycles. The summed E-state index contributed by atoms with van der Waals surface area (Å²) in [5, 5.41) is 20.7. The number of alkyl carbamates (subject to hydrolysis) is 1. The Morgan fingerprint density at radius 2 is 1.45 bits per heavy atom. The van der Waals surface area contributed by atoms with Crippen molar-refractivity contribution in [3.63, 3.8) is 0 Å². The summed E-state index contributed by atoms with van der Waals surface area (Å²) in [6, 6.07) is 9.31. The molecule has 7 aromatic rings. The van der Waals surface area contributed by atoms with Crippen molar-refractivity contribution in [3.05, 3.63) is 149 Å². The minimum absolute atomic E-state index is 0.0161. The molecule has 4 amide bonds. The molecule has 6 aromatic heterocycles. The zero-order valence-corrected chi connectivity index (χ0v) is 74.6. The second kappa shape index (κ2) is 44.8. The summed E-state index contributed by atoms with van der Waals surface area (Å²) in [5.74, 6) is -1.80. The molecule has 1 aromatic carbocycles. The maximum atomic E-state index is 14.5. The summed E-state index contributed by atoms with van der Waals surface area (Å²) in [6.07, 6.45) is 27.4. The first-order valence-electron chi connectivity index (χ1n) is 45.7. The van der Waals surface area contributed by atoms with Crippen molar-refractivity contribution >= 4 is 86.9 Å². The monoisotopic (exact) mass is 1760 g/mol. The summed E-state index contributed by atoms with van der Waals surface area (Å²) < 4.78 is 38.0. The van der Waals surface area contributed by atoms with Gasteiger partial charge in [0, 0.05) is 177 Å². The lowest BCUT2D eigenvalue weighted by atomic mass is 9.83. The highest BCUT2D eigenvalue weighted by Gasteiger charge is 2.42. The van der Waals surface area contributed by atoms with Crippen molar-refractivity contribution < 1.29 is 71.9 Å². The Morgan fingerprint density at radius 1 is 0.695 bits per heavy atom. The highest BCUT2D eigenvalue weighted by molar-refractivity contribution is 6.38. The van der Waals surface area contributed by atoms with Crippen LogP contribution >= 0.6 is 0 Å². The third kappa shape index (κ3) is 24.7. The van der Waals surface area contributed by atoms with E-state index in [1.165, 1.54) is 16.8 Å². The van der Waals surface area contributed by atoms with Crippen LogP contribution in [0.1, 0.15) is 176 Å².